The molecule has 0 bridgehead atoms. The van der Waals surface area contributed by atoms with Crippen molar-refractivity contribution in [3.63, 3.8) is 0 Å². The van der Waals surface area contributed by atoms with E-state index in [-0.39, 0.29) is 0 Å². The predicted molar refractivity (Wildman–Crippen MR) is 59.4 cm³/mol. The Morgan fingerprint density at radius 3 is 2.23 bits per heavy atom. The number of rotatable bonds is 2. The lowest BCUT2D eigenvalue weighted by atomic mass is 9.90. The highest BCUT2D eigenvalue weighted by Gasteiger charge is 2.10. The molecule has 0 saturated heterocycles. The number of hydrogen-bond donors (Lipinski definition) is 0. The van der Waals surface area contributed by atoms with Crippen LogP contribution >= 0.6 is 11.6 Å². The molecule has 1 atom stereocenters. The van der Waals surface area contributed by atoms with Crippen LogP contribution in [0.3, 0.4) is 0 Å². The summed E-state index contributed by atoms with van der Waals surface area (Å²) in [6, 6.07) is 6.30. The average Bonchev–Trinajstić information content (AvgIpc) is 2.08. The van der Waals surface area contributed by atoms with Crippen LogP contribution in [0.2, 0.25) is 5.02 Å². The van der Waals surface area contributed by atoms with Gasteiger partial charge in [0.1, 0.15) is 0 Å². The van der Waals surface area contributed by atoms with Crippen LogP contribution in [0, 0.1) is 12.8 Å². The smallest absolute Gasteiger partial charge is 0.0435 e. The normalized spacial score (nSPS) is 13.4. The summed E-state index contributed by atoms with van der Waals surface area (Å²) in [5.41, 5.74) is 2.56. The maximum Gasteiger partial charge on any atom is 0.0435 e. The minimum atomic E-state index is 0.607. The predicted octanol–water partition coefficient (Wildman–Crippen LogP) is 4.41. The van der Waals surface area contributed by atoms with Gasteiger partial charge in [0.2, 0.25) is 0 Å². The second-order valence-corrected chi connectivity index (χ2v) is 4.45. The maximum absolute atomic E-state index is 5.96. The minimum Gasteiger partial charge on any atom is -0.0841 e. The van der Waals surface area contributed by atoms with Crippen molar-refractivity contribution in [1.82, 2.24) is 0 Å². The van der Waals surface area contributed by atoms with Crippen LogP contribution in [-0.2, 0) is 0 Å². The fourth-order valence-electron chi connectivity index (χ4n) is 1.34. The van der Waals surface area contributed by atoms with Gasteiger partial charge in [0.15, 0.2) is 0 Å². The van der Waals surface area contributed by atoms with Gasteiger partial charge in [-0.05, 0) is 36.0 Å². The quantitative estimate of drug-likeness (QED) is 0.658. The summed E-state index contributed by atoms with van der Waals surface area (Å²) in [6.07, 6.45) is 0. The van der Waals surface area contributed by atoms with Gasteiger partial charge in [-0.1, -0.05) is 44.5 Å². The third-order valence-electron chi connectivity index (χ3n) is 2.71. The van der Waals surface area contributed by atoms with E-state index in [9.17, 15) is 0 Å². The molecular formula is C12H17Cl. The fourth-order valence-corrected chi connectivity index (χ4v) is 1.45. The third-order valence-corrected chi connectivity index (χ3v) is 3.13. The molecule has 0 saturated carbocycles. The molecule has 1 aromatic carbocycles. The fraction of sp³-hybridized carbons (Fsp3) is 0.500. The molecule has 0 radical (unpaired) electrons. The Balaban J connectivity index is 2.97. The van der Waals surface area contributed by atoms with Gasteiger partial charge in [-0.25, -0.2) is 0 Å². The molecule has 0 aliphatic carbocycles. The second kappa shape index (κ2) is 4.15. The molecule has 0 aromatic heterocycles. The zero-order chi connectivity index (χ0) is 10.0. The van der Waals surface area contributed by atoms with Crippen molar-refractivity contribution >= 4 is 11.6 Å². The molecule has 0 aliphatic rings. The van der Waals surface area contributed by atoms with Crippen LogP contribution in [0.4, 0.5) is 0 Å². The van der Waals surface area contributed by atoms with E-state index in [4.69, 9.17) is 11.6 Å². The summed E-state index contributed by atoms with van der Waals surface area (Å²) < 4.78 is 0. The summed E-state index contributed by atoms with van der Waals surface area (Å²) in [6.45, 7) is 8.80. The summed E-state index contributed by atoms with van der Waals surface area (Å²) in [5.74, 6) is 1.29. The van der Waals surface area contributed by atoms with E-state index < -0.39 is 0 Å². The van der Waals surface area contributed by atoms with Gasteiger partial charge >= 0.3 is 0 Å². The standard InChI is InChI=1S/C12H17Cl/c1-8(2)10(4)11-5-6-12(13)9(3)7-11/h5-8,10H,1-4H3. The first-order valence-corrected chi connectivity index (χ1v) is 5.16. The van der Waals surface area contributed by atoms with Gasteiger partial charge in [-0.15, -0.1) is 0 Å². The van der Waals surface area contributed by atoms with Gasteiger partial charge in [0.05, 0.1) is 0 Å². The van der Waals surface area contributed by atoms with E-state index >= 15 is 0 Å². The molecule has 0 N–H and O–H groups in total. The summed E-state index contributed by atoms with van der Waals surface area (Å²) >= 11 is 5.96. The van der Waals surface area contributed by atoms with Crippen LogP contribution in [0.5, 0.6) is 0 Å². The summed E-state index contributed by atoms with van der Waals surface area (Å²) in [7, 11) is 0. The van der Waals surface area contributed by atoms with E-state index in [1.54, 1.807) is 0 Å². The maximum atomic E-state index is 5.96. The molecule has 1 heteroatoms. The van der Waals surface area contributed by atoms with E-state index in [0.717, 1.165) is 5.02 Å². The zero-order valence-electron chi connectivity index (χ0n) is 8.76. The molecule has 0 fully saturated rings. The van der Waals surface area contributed by atoms with Crippen LogP contribution in [0.15, 0.2) is 18.2 Å². The molecule has 0 heterocycles. The first-order chi connectivity index (χ1) is 6.02. The minimum absolute atomic E-state index is 0.607. The molecule has 1 rings (SSSR count). The molecular weight excluding hydrogens is 180 g/mol. The Kier molecular flexibility index (Phi) is 3.38. The Morgan fingerprint density at radius 2 is 1.77 bits per heavy atom. The number of aryl methyl sites for hydroxylation is 1. The van der Waals surface area contributed by atoms with Gasteiger partial charge in [0.25, 0.3) is 0 Å². The van der Waals surface area contributed by atoms with E-state index in [0.29, 0.717) is 11.8 Å². The summed E-state index contributed by atoms with van der Waals surface area (Å²) in [5, 5.41) is 0.861. The first kappa shape index (κ1) is 10.6. The molecule has 1 aromatic rings. The van der Waals surface area contributed by atoms with Crippen molar-refractivity contribution in [2.24, 2.45) is 5.92 Å². The molecule has 0 spiro atoms. The molecule has 0 aliphatic heterocycles. The monoisotopic (exact) mass is 196 g/mol. The topological polar surface area (TPSA) is 0 Å². The highest BCUT2D eigenvalue weighted by atomic mass is 35.5. The van der Waals surface area contributed by atoms with Crippen LogP contribution in [0.1, 0.15) is 37.8 Å². The SMILES string of the molecule is Cc1cc(C(C)C(C)C)ccc1Cl. The second-order valence-electron chi connectivity index (χ2n) is 4.04. The van der Waals surface area contributed by atoms with Gasteiger partial charge in [-0.3, -0.25) is 0 Å². The van der Waals surface area contributed by atoms with Crippen LogP contribution in [0.25, 0.3) is 0 Å². The van der Waals surface area contributed by atoms with Gasteiger partial charge in [-0.2, -0.15) is 0 Å². The van der Waals surface area contributed by atoms with Crippen molar-refractivity contribution in [1.29, 1.82) is 0 Å². The van der Waals surface area contributed by atoms with E-state index in [1.165, 1.54) is 11.1 Å². The molecule has 1 unspecified atom stereocenters. The lowest BCUT2D eigenvalue weighted by Gasteiger charge is -2.16. The van der Waals surface area contributed by atoms with Gasteiger partial charge < -0.3 is 0 Å². The van der Waals surface area contributed by atoms with Crippen molar-refractivity contribution in [3.05, 3.63) is 34.3 Å². The van der Waals surface area contributed by atoms with Crippen LogP contribution < -0.4 is 0 Å². The molecule has 72 valence electrons. The Hall–Kier alpha value is -0.490. The highest BCUT2D eigenvalue weighted by molar-refractivity contribution is 6.31. The Labute approximate surface area is 85.9 Å². The largest absolute Gasteiger partial charge is 0.0841 e. The van der Waals surface area contributed by atoms with E-state index in [2.05, 4.69) is 39.8 Å². The van der Waals surface area contributed by atoms with Crippen molar-refractivity contribution in [3.8, 4) is 0 Å². The Morgan fingerprint density at radius 1 is 1.15 bits per heavy atom. The first-order valence-electron chi connectivity index (χ1n) is 4.78. The Bertz CT molecular complexity index is 289. The molecule has 13 heavy (non-hydrogen) atoms. The molecule has 0 amide bonds. The number of benzene rings is 1. The third kappa shape index (κ3) is 2.47. The average molecular weight is 197 g/mol. The van der Waals surface area contributed by atoms with Crippen molar-refractivity contribution in [2.75, 3.05) is 0 Å². The summed E-state index contributed by atoms with van der Waals surface area (Å²) in [4.78, 5) is 0. The van der Waals surface area contributed by atoms with Gasteiger partial charge in [0, 0.05) is 5.02 Å². The van der Waals surface area contributed by atoms with Crippen molar-refractivity contribution < 1.29 is 0 Å². The van der Waals surface area contributed by atoms with Crippen molar-refractivity contribution in [2.45, 2.75) is 33.6 Å². The molecule has 0 nitrogen and oxygen atoms in total. The van der Waals surface area contributed by atoms with E-state index in [1.807, 2.05) is 6.07 Å². The number of hydrogen-bond acceptors (Lipinski definition) is 0. The highest BCUT2D eigenvalue weighted by Crippen LogP contribution is 2.26. The lowest BCUT2D eigenvalue weighted by molar-refractivity contribution is 0.535. The van der Waals surface area contributed by atoms with Crippen LogP contribution in [-0.4, -0.2) is 0 Å². The number of halogens is 1. The zero-order valence-corrected chi connectivity index (χ0v) is 9.52. The lowest BCUT2D eigenvalue weighted by Crippen LogP contribution is -2.01.